The molecular weight excluding hydrogens is 214 g/mol. The van der Waals surface area contributed by atoms with Crippen LogP contribution in [0.5, 0.6) is 0 Å². The van der Waals surface area contributed by atoms with E-state index in [2.05, 4.69) is 5.32 Å². The maximum Gasteiger partial charge on any atom is 0.336 e. The van der Waals surface area contributed by atoms with E-state index in [1.807, 2.05) is 13.8 Å². The summed E-state index contributed by atoms with van der Waals surface area (Å²) < 4.78 is 0. The Bertz CT molecular complexity index is 364. The summed E-state index contributed by atoms with van der Waals surface area (Å²) in [7, 11) is 0. The highest BCUT2D eigenvalue weighted by Gasteiger charge is 2.10. The third-order valence-corrected chi connectivity index (χ3v) is 2.24. The average molecular weight is 228 g/mol. The molecule has 1 aromatic rings. The van der Waals surface area contributed by atoms with Gasteiger partial charge in [0, 0.05) is 17.6 Å². The molecule has 0 amide bonds. The molecule has 0 aliphatic rings. The topological polar surface area (TPSA) is 49.3 Å². The SMILES string of the molecule is CC(C)NCc1ccc(Cl)cc1C(=O)O. The van der Waals surface area contributed by atoms with E-state index in [0.29, 0.717) is 17.6 Å². The number of carbonyl (C=O) groups is 1. The van der Waals surface area contributed by atoms with Crippen LogP contribution in [0, 0.1) is 0 Å². The third-order valence-electron chi connectivity index (χ3n) is 2.00. The molecule has 1 aromatic carbocycles. The molecule has 0 saturated heterocycles. The maximum absolute atomic E-state index is 10.9. The molecule has 4 heteroatoms. The lowest BCUT2D eigenvalue weighted by Crippen LogP contribution is -2.23. The van der Waals surface area contributed by atoms with Crippen LogP contribution in [0.25, 0.3) is 0 Å². The summed E-state index contributed by atoms with van der Waals surface area (Å²) in [5.74, 6) is -0.946. The van der Waals surface area contributed by atoms with E-state index in [-0.39, 0.29) is 5.56 Å². The number of rotatable bonds is 4. The molecule has 0 saturated carbocycles. The molecule has 0 fully saturated rings. The van der Waals surface area contributed by atoms with E-state index < -0.39 is 5.97 Å². The zero-order chi connectivity index (χ0) is 11.4. The van der Waals surface area contributed by atoms with Crippen molar-refractivity contribution < 1.29 is 9.90 Å². The molecule has 3 nitrogen and oxygen atoms in total. The van der Waals surface area contributed by atoms with Crippen LogP contribution in [0.1, 0.15) is 29.8 Å². The Morgan fingerprint density at radius 1 is 1.53 bits per heavy atom. The number of carboxylic acid groups (broad SMARTS) is 1. The van der Waals surface area contributed by atoms with E-state index in [1.165, 1.54) is 6.07 Å². The summed E-state index contributed by atoms with van der Waals surface area (Å²) in [5.41, 5.74) is 1.01. The van der Waals surface area contributed by atoms with Gasteiger partial charge in [-0.05, 0) is 17.7 Å². The smallest absolute Gasteiger partial charge is 0.336 e. The van der Waals surface area contributed by atoms with Crippen LogP contribution in [0.4, 0.5) is 0 Å². The van der Waals surface area contributed by atoms with Crippen LogP contribution >= 0.6 is 11.6 Å². The van der Waals surface area contributed by atoms with Crippen molar-refractivity contribution in [2.75, 3.05) is 0 Å². The van der Waals surface area contributed by atoms with Crippen molar-refractivity contribution in [2.24, 2.45) is 0 Å². The van der Waals surface area contributed by atoms with Crippen molar-refractivity contribution in [1.82, 2.24) is 5.32 Å². The molecule has 0 heterocycles. The first-order valence-corrected chi connectivity index (χ1v) is 5.13. The highest BCUT2D eigenvalue weighted by atomic mass is 35.5. The van der Waals surface area contributed by atoms with Gasteiger partial charge in [0.2, 0.25) is 0 Å². The van der Waals surface area contributed by atoms with E-state index in [1.54, 1.807) is 12.1 Å². The van der Waals surface area contributed by atoms with E-state index in [4.69, 9.17) is 16.7 Å². The Morgan fingerprint density at radius 2 is 2.20 bits per heavy atom. The third kappa shape index (κ3) is 3.53. The zero-order valence-corrected chi connectivity index (χ0v) is 9.51. The lowest BCUT2D eigenvalue weighted by molar-refractivity contribution is 0.0695. The maximum atomic E-state index is 10.9. The fraction of sp³-hybridized carbons (Fsp3) is 0.364. The zero-order valence-electron chi connectivity index (χ0n) is 8.75. The number of hydrogen-bond donors (Lipinski definition) is 2. The fourth-order valence-electron chi connectivity index (χ4n) is 1.22. The molecule has 0 radical (unpaired) electrons. The van der Waals surface area contributed by atoms with Gasteiger partial charge >= 0.3 is 5.97 Å². The van der Waals surface area contributed by atoms with Crippen LogP contribution in [-0.2, 0) is 6.54 Å². The van der Waals surface area contributed by atoms with Crippen molar-refractivity contribution in [3.8, 4) is 0 Å². The Morgan fingerprint density at radius 3 is 2.73 bits per heavy atom. The second kappa shape index (κ2) is 5.14. The number of nitrogens with one attached hydrogen (secondary N) is 1. The van der Waals surface area contributed by atoms with Gasteiger partial charge in [-0.2, -0.15) is 0 Å². The van der Waals surface area contributed by atoms with Crippen LogP contribution < -0.4 is 5.32 Å². The lowest BCUT2D eigenvalue weighted by atomic mass is 10.1. The average Bonchev–Trinajstić information content (AvgIpc) is 2.15. The lowest BCUT2D eigenvalue weighted by Gasteiger charge is -2.10. The van der Waals surface area contributed by atoms with E-state index in [0.717, 1.165) is 5.56 Å². The van der Waals surface area contributed by atoms with Crippen molar-refractivity contribution >= 4 is 17.6 Å². The molecule has 0 spiro atoms. The van der Waals surface area contributed by atoms with E-state index in [9.17, 15) is 4.79 Å². The molecule has 0 aliphatic carbocycles. The Labute approximate surface area is 94.1 Å². The van der Waals surface area contributed by atoms with Crippen molar-refractivity contribution in [3.05, 3.63) is 34.3 Å². The minimum Gasteiger partial charge on any atom is -0.478 e. The molecule has 0 unspecified atom stereocenters. The Balaban J connectivity index is 2.91. The van der Waals surface area contributed by atoms with Crippen LogP contribution in [-0.4, -0.2) is 17.1 Å². The second-order valence-corrected chi connectivity index (χ2v) is 4.08. The first-order chi connectivity index (χ1) is 7.00. The minimum absolute atomic E-state index is 0.260. The van der Waals surface area contributed by atoms with Gasteiger partial charge in [-0.3, -0.25) is 0 Å². The van der Waals surface area contributed by atoms with Crippen molar-refractivity contribution in [2.45, 2.75) is 26.4 Å². The van der Waals surface area contributed by atoms with Gasteiger partial charge < -0.3 is 10.4 Å². The summed E-state index contributed by atoms with van der Waals surface area (Å²) in [5, 5.41) is 12.6. The van der Waals surface area contributed by atoms with Gasteiger partial charge in [0.1, 0.15) is 0 Å². The van der Waals surface area contributed by atoms with Crippen molar-refractivity contribution in [1.29, 1.82) is 0 Å². The van der Waals surface area contributed by atoms with Crippen LogP contribution in [0.15, 0.2) is 18.2 Å². The van der Waals surface area contributed by atoms with Crippen LogP contribution in [0.3, 0.4) is 0 Å². The van der Waals surface area contributed by atoms with E-state index >= 15 is 0 Å². The fourth-order valence-corrected chi connectivity index (χ4v) is 1.39. The predicted octanol–water partition coefficient (Wildman–Crippen LogP) is 2.54. The van der Waals surface area contributed by atoms with Gasteiger partial charge in [-0.25, -0.2) is 4.79 Å². The first-order valence-electron chi connectivity index (χ1n) is 4.76. The molecule has 15 heavy (non-hydrogen) atoms. The molecule has 0 aromatic heterocycles. The molecule has 82 valence electrons. The normalized spacial score (nSPS) is 10.7. The number of halogens is 1. The highest BCUT2D eigenvalue weighted by molar-refractivity contribution is 6.30. The van der Waals surface area contributed by atoms with Gasteiger partial charge in [-0.1, -0.05) is 31.5 Å². The quantitative estimate of drug-likeness (QED) is 0.831. The number of hydrogen-bond acceptors (Lipinski definition) is 2. The standard InChI is InChI=1S/C11H14ClNO2/c1-7(2)13-6-8-3-4-9(12)5-10(8)11(14)15/h3-5,7,13H,6H2,1-2H3,(H,14,15). The Hall–Kier alpha value is -1.06. The second-order valence-electron chi connectivity index (χ2n) is 3.64. The monoisotopic (exact) mass is 227 g/mol. The number of aromatic carboxylic acids is 1. The summed E-state index contributed by atoms with van der Waals surface area (Å²) in [6, 6.07) is 5.23. The van der Waals surface area contributed by atoms with Gasteiger partial charge in [-0.15, -0.1) is 0 Å². The predicted molar refractivity (Wildman–Crippen MR) is 60.4 cm³/mol. The van der Waals surface area contributed by atoms with Gasteiger partial charge in [0.25, 0.3) is 0 Å². The summed E-state index contributed by atoms with van der Waals surface area (Å²) in [6.45, 7) is 4.56. The molecular formula is C11H14ClNO2. The Kier molecular flexibility index (Phi) is 4.12. The summed E-state index contributed by atoms with van der Waals surface area (Å²) in [4.78, 5) is 10.9. The molecule has 0 aliphatic heterocycles. The minimum atomic E-state index is -0.946. The molecule has 1 rings (SSSR count). The number of benzene rings is 1. The molecule has 0 bridgehead atoms. The summed E-state index contributed by atoms with van der Waals surface area (Å²) >= 11 is 5.74. The molecule has 0 atom stereocenters. The van der Waals surface area contributed by atoms with Crippen LogP contribution in [0.2, 0.25) is 5.02 Å². The van der Waals surface area contributed by atoms with Gasteiger partial charge in [0.05, 0.1) is 5.56 Å². The number of carboxylic acids is 1. The van der Waals surface area contributed by atoms with Gasteiger partial charge in [0.15, 0.2) is 0 Å². The first kappa shape index (κ1) is 12.0. The van der Waals surface area contributed by atoms with Crippen molar-refractivity contribution in [3.63, 3.8) is 0 Å². The molecule has 2 N–H and O–H groups in total. The summed E-state index contributed by atoms with van der Waals surface area (Å²) in [6.07, 6.45) is 0. The highest BCUT2D eigenvalue weighted by Crippen LogP contribution is 2.16. The largest absolute Gasteiger partial charge is 0.478 e.